The van der Waals surface area contributed by atoms with Crippen molar-refractivity contribution in [3.05, 3.63) is 56.2 Å². The van der Waals surface area contributed by atoms with E-state index in [4.69, 9.17) is 0 Å². The zero-order chi connectivity index (χ0) is 13.1. The molecule has 1 aromatic heterocycles. The van der Waals surface area contributed by atoms with E-state index in [0.717, 1.165) is 15.5 Å². The van der Waals surface area contributed by atoms with Crippen LogP contribution < -0.4 is 10.1 Å². The first-order chi connectivity index (χ1) is 8.56. The number of anilines is 1. The van der Waals surface area contributed by atoms with Crippen LogP contribution in [0.25, 0.3) is 0 Å². The third-order valence-electron chi connectivity index (χ3n) is 2.04. The van der Waals surface area contributed by atoms with E-state index in [1.54, 1.807) is 0 Å². The van der Waals surface area contributed by atoms with Gasteiger partial charge in [-0.1, -0.05) is 6.07 Å². The number of carbonyl (C=O) groups is 1. The first-order valence-corrected chi connectivity index (χ1v) is 5.58. The summed E-state index contributed by atoms with van der Waals surface area (Å²) in [6.07, 6.45) is 1.33. The summed E-state index contributed by atoms with van der Waals surface area (Å²) in [5.41, 5.74) is 0.177. The largest absolute Gasteiger partial charge is 0.339 e. The maximum atomic E-state index is 11.7. The number of nitrogens with one attached hydrogen (secondary N) is 1. The fourth-order valence-electron chi connectivity index (χ4n) is 1.27. The van der Waals surface area contributed by atoms with Crippen LogP contribution in [0.3, 0.4) is 0 Å². The van der Waals surface area contributed by atoms with Crippen LogP contribution in [0, 0.1) is 10.1 Å². The molecule has 0 aliphatic heterocycles. The molecule has 0 unspecified atom stereocenters. The molecule has 1 aromatic carbocycles. The number of amides is 1. The third kappa shape index (κ3) is 2.61. The van der Waals surface area contributed by atoms with Crippen LogP contribution in [0.5, 0.6) is 0 Å². The molecule has 2 rings (SSSR count). The third-order valence-corrected chi connectivity index (χ3v) is 2.84. The summed E-state index contributed by atoms with van der Waals surface area (Å²) in [7, 11) is 0. The molecule has 1 heterocycles. The number of nitro benzene ring substituents is 1. The molecular weight excluding hydrogens is 258 g/mol. The Balaban J connectivity index is 2.19. The predicted octanol–water partition coefficient (Wildman–Crippen LogP) is 1.90. The minimum Gasteiger partial charge on any atom is -0.306 e. The second-order valence-electron chi connectivity index (χ2n) is 3.29. The average Bonchev–Trinajstić information content (AvgIpc) is 2.76. The van der Waals surface area contributed by atoms with Crippen LogP contribution in [-0.2, 0) is 0 Å². The first-order valence-electron chi connectivity index (χ1n) is 4.81. The lowest BCUT2D eigenvalue weighted by Crippen LogP contribution is -2.16. The molecule has 7 nitrogen and oxygen atoms in total. The van der Waals surface area contributed by atoms with Crippen molar-refractivity contribution in [3.8, 4) is 0 Å². The van der Waals surface area contributed by atoms with Gasteiger partial charge >= 0.3 is 6.03 Å². The fraction of sp³-hybridized carbons (Fsp3) is 0. The zero-order valence-electron chi connectivity index (χ0n) is 8.90. The van der Waals surface area contributed by atoms with Gasteiger partial charge in [-0.3, -0.25) is 14.9 Å². The van der Waals surface area contributed by atoms with Gasteiger partial charge < -0.3 is 5.32 Å². The first kappa shape index (κ1) is 12.0. The molecule has 2 aromatic rings. The summed E-state index contributed by atoms with van der Waals surface area (Å²) in [6.45, 7) is 0. The van der Waals surface area contributed by atoms with Crippen molar-refractivity contribution in [2.24, 2.45) is 0 Å². The number of rotatable bonds is 2. The van der Waals surface area contributed by atoms with E-state index in [9.17, 15) is 19.7 Å². The van der Waals surface area contributed by atoms with E-state index < -0.39 is 11.0 Å². The minimum absolute atomic E-state index is 0.117. The smallest absolute Gasteiger partial charge is 0.306 e. The van der Waals surface area contributed by atoms with E-state index in [0.29, 0.717) is 5.69 Å². The molecule has 0 saturated heterocycles. The van der Waals surface area contributed by atoms with Crippen molar-refractivity contribution in [1.29, 1.82) is 0 Å². The van der Waals surface area contributed by atoms with Crippen LogP contribution in [-0.4, -0.2) is 14.9 Å². The van der Waals surface area contributed by atoms with Gasteiger partial charge in [0, 0.05) is 30.1 Å². The van der Waals surface area contributed by atoms with Crippen molar-refractivity contribution < 1.29 is 9.72 Å². The van der Waals surface area contributed by atoms with Gasteiger partial charge in [0.25, 0.3) is 5.69 Å². The number of carbonyl (C=O) groups excluding carboxylic acids is 1. The van der Waals surface area contributed by atoms with Crippen molar-refractivity contribution >= 4 is 28.9 Å². The van der Waals surface area contributed by atoms with Crippen LogP contribution in [0.4, 0.5) is 16.2 Å². The molecule has 92 valence electrons. The highest BCUT2D eigenvalue weighted by Crippen LogP contribution is 2.17. The Kier molecular flexibility index (Phi) is 3.20. The number of hydrogen-bond acceptors (Lipinski definition) is 5. The van der Waals surface area contributed by atoms with Crippen LogP contribution >= 0.6 is 11.5 Å². The molecular formula is C10H7N3O4S. The van der Waals surface area contributed by atoms with Crippen LogP contribution in [0.1, 0.15) is 0 Å². The number of benzene rings is 1. The molecule has 0 fully saturated rings. The molecule has 0 radical (unpaired) electrons. The summed E-state index contributed by atoms with van der Waals surface area (Å²) in [6, 6.07) is 6.27. The number of non-ortho nitro benzene ring substituents is 1. The van der Waals surface area contributed by atoms with E-state index in [2.05, 4.69) is 5.32 Å². The highest BCUT2D eigenvalue weighted by atomic mass is 32.1. The topological polar surface area (TPSA) is 94.2 Å². The summed E-state index contributed by atoms with van der Waals surface area (Å²) in [4.78, 5) is 32.6. The molecule has 1 N–H and O–H groups in total. The quantitative estimate of drug-likeness (QED) is 0.662. The summed E-state index contributed by atoms with van der Waals surface area (Å²) in [5.74, 6) is 0. The number of hydrogen-bond donors (Lipinski definition) is 1. The van der Waals surface area contributed by atoms with E-state index in [-0.39, 0.29) is 10.4 Å². The molecule has 0 bridgehead atoms. The summed E-state index contributed by atoms with van der Waals surface area (Å²) in [5, 5.41) is 13.0. The Labute approximate surface area is 105 Å². The lowest BCUT2D eigenvalue weighted by Gasteiger charge is -2.04. The van der Waals surface area contributed by atoms with E-state index >= 15 is 0 Å². The van der Waals surface area contributed by atoms with Crippen LogP contribution in [0.2, 0.25) is 0 Å². The maximum absolute atomic E-state index is 11.7. The molecule has 8 heteroatoms. The second-order valence-corrected chi connectivity index (χ2v) is 4.27. The van der Waals surface area contributed by atoms with E-state index in [1.807, 2.05) is 0 Å². The monoisotopic (exact) mass is 265 g/mol. The number of nitro groups is 1. The van der Waals surface area contributed by atoms with Gasteiger partial charge in [0.1, 0.15) is 0 Å². The summed E-state index contributed by atoms with van der Waals surface area (Å²) < 4.78 is 0.866. The molecule has 1 amide bonds. The van der Waals surface area contributed by atoms with Gasteiger partial charge in [-0.05, 0) is 17.6 Å². The molecule has 18 heavy (non-hydrogen) atoms. The lowest BCUT2D eigenvalue weighted by molar-refractivity contribution is -0.384. The van der Waals surface area contributed by atoms with Gasteiger partial charge in [0.05, 0.1) is 4.92 Å². The molecule has 0 atom stereocenters. The molecule has 0 saturated carbocycles. The standard InChI is InChI=1S/C10H7N3O4S/c14-9-4-5-12(18-9)10(15)11-7-2-1-3-8(6-7)13(16)17/h1-6H,(H,11,15). The van der Waals surface area contributed by atoms with Gasteiger partial charge in [0.15, 0.2) is 0 Å². The molecule has 0 aliphatic rings. The highest BCUT2D eigenvalue weighted by molar-refractivity contribution is 7.05. The number of nitrogens with zero attached hydrogens (tertiary/aromatic N) is 2. The van der Waals surface area contributed by atoms with Gasteiger partial charge in [-0.15, -0.1) is 0 Å². The Hall–Kier alpha value is -2.48. The van der Waals surface area contributed by atoms with Gasteiger partial charge in [0.2, 0.25) is 4.74 Å². The fourth-order valence-corrected chi connectivity index (χ4v) is 1.84. The zero-order valence-corrected chi connectivity index (χ0v) is 9.72. The predicted molar refractivity (Wildman–Crippen MR) is 66.1 cm³/mol. The van der Waals surface area contributed by atoms with Crippen molar-refractivity contribution in [2.45, 2.75) is 0 Å². The SMILES string of the molecule is O=C(Nc1cccc([N+](=O)[O-])c1)n1ccc(=O)s1. The van der Waals surface area contributed by atoms with Crippen molar-refractivity contribution in [1.82, 2.24) is 3.96 Å². The lowest BCUT2D eigenvalue weighted by atomic mass is 10.3. The Morgan fingerprint density at radius 3 is 2.78 bits per heavy atom. The Bertz CT molecular complexity index is 661. The Morgan fingerprint density at radius 2 is 2.17 bits per heavy atom. The molecule has 0 spiro atoms. The average molecular weight is 265 g/mol. The van der Waals surface area contributed by atoms with Crippen molar-refractivity contribution in [2.75, 3.05) is 5.32 Å². The van der Waals surface area contributed by atoms with Gasteiger partial charge in [-0.25, -0.2) is 8.75 Å². The number of aromatic nitrogens is 1. The maximum Gasteiger partial charge on any atom is 0.339 e. The normalized spacial score (nSPS) is 10.0. The highest BCUT2D eigenvalue weighted by Gasteiger charge is 2.09. The Morgan fingerprint density at radius 1 is 1.39 bits per heavy atom. The second kappa shape index (κ2) is 4.80. The minimum atomic E-state index is -0.552. The van der Waals surface area contributed by atoms with E-state index in [1.165, 1.54) is 36.5 Å². The summed E-state index contributed by atoms with van der Waals surface area (Å²) >= 11 is 0.741. The van der Waals surface area contributed by atoms with Crippen LogP contribution in [0.15, 0.2) is 41.3 Å². The van der Waals surface area contributed by atoms with Gasteiger partial charge in [-0.2, -0.15) is 0 Å². The van der Waals surface area contributed by atoms with Crippen molar-refractivity contribution in [3.63, 3.8) is 0 Å². The molecule has 0 aliphatic carbocycles.